The first-order valence-corrected chi connectivity index (χ1v) is 14.7. The Balaban J connectivity index is 1.78. The zero-order chi connectivity index (χ0) is 25.8. The van der Waals surface area contributed by atoms with Crippen LogP contribution >= 0.6 is 0 Å². The molecule has 0 amide bonds. The van der Waals surface area contributed by atoms with E-state index >= 15 is 0 Å². The lowest BCUT2D eigenvalue weighted by molar-refractivity contribution is -0.232. The maximum Gasteiger partial charge on any atom is 0.305 e. The molecule has 4 aliphatic rings. The van der Waals surface area contributed by atoms with Crippen LogP contribution in [0.2, 0.25) is 0 Å². The number of aliphatic hydroxyl groups excluding tert-OH is 1. The number of fused-ring (bicyclic) bond motifs is 5. The minimum absolute atomic E-state index is 0.0109. The van der Waals surface area contributed by atoms with Crippen LogP contribution in [0.25, 0.3) is 0 Å². The minimum Gasteiger partial charge on any atom is -0.469 e. The van der Waals surface area contributed by atoms with Crippen molar-refractivity contribution >= 4 is 5.97 Å². The molecule has 4 saturated carbocycles. The molecular weight excluding hydrogens is 432 g/mol. The summed E-state index contributed by atoms with van der Waals surface area (Å²) >= 11 is 0. The van der Waals surface area contributed by atoms with Gasteiger partial charge in [0.25, 0.3) is 0 Å². The fraction of sp³-hybridized carbons (Fsp3) is 0.906. The van der Waals surface area contributed by atoms with Gasteiger partial charge in [0.1, 0.15) is 0 Å². The first kappa shape index (κ1) is 27.2. The second kappa shape index (κ2) is 9.48. The quantitative estimate of drug-likeness (QED) is 0.325. The van der Waals surface area contributed by atoms with Crippen LogP contribution in [0.1, 0.15) is 119 Å². The molecule has 0 aromatic carbocycles. The summed E-state index contributed by atoms with van der Waals surface area (Å²) in [6.07, 6.45) is 13.7. The maximum atomic E-state index is 12.7. The van der Waals surface area contributed by atoms with Crippen molar-refractivity contribution in [2.45, 2.75) is 125 Å². The molecule has 0 aromatic rings. The van der Waals surface area contributed by atoms with Crippen LogP contribution < -0.4 is 0 Å². The highest BCUT2D eigenvalue weighted by Crippen LogP contribution is 2.74. The normalized spacial score (nSPS) is 47.7. The van der Waals surface area contributed by atoms with Crippen LogP contribution in [0.4, 0.5) is 0 Å². The van der Waals surface area contributed by atoms with E-state index in [0.717, 1.165) is 19.3 Å². The van der Waals surface area contributed by atoms with Gasteiger partial charge >= 0.3 is 5.97 Å². The molecule has 4 aliphatic carbocycles. The number of aliphatic hydroxyl groups is 1. The molecule has 9 unspecified atom stereocenters. The van der Waals surface area contributed by atoms with E-state index in [1.807, 2.05) is 0 Å². The summed E-state index contributed by atoms with van der Waals surface area (Å²) in [5.41, 5.74) is 2.00. The molecule has 0 spiro atoms. The molecular formula is C32H54O3. The van der Waals surface area contributed by atoms with Crippen LogP contribution in [0.5, 0.6) is 0 Å². The van der Waals surface area contributed by atoms with E-state index < -0.39 is 0 Å². The standard InChI is InChI=1S/C32H54O3/c1-21(2)22-12-10-9-11-17-31(6)24(23(22)20-28(34)35-8)13-14-26-30(5)18-16-27(33)29(3,4)25(30)15-19-32(26,31)7/h22-27,33H,1,9-20H2,2-8H3. The lowest BCUT2D eigenvalue weighted by Crippen LogP contribution is -2.65. The Kier molecular flexibility index (Phi) is 7.37. The molecule has 35 heavy (non-hydrogen) atoms. The summed E-state index contributed by atoms with van der Waals surface area (Å²) in [6.45, 7) is 19.2. The number of carbonyl (C=O) groups excluding carboxylic acids is 1. The van der Waals surface area contributed by atoms with Gasteiger partial charge in [0.2, 0.25) is 0 Å². The maximum absolute atomic E-state index is 12.7. The molecule has 0 aromatic heterocycles. The zero-order valence-corrected chi connectivity index (χ0v) is 23.9. The summed E-state index contributed by atoms with van der Waals surface area (Å²) in [7, 11) is 1.55. The Morgan fingerprint density at radius 1 is 0.886 bits per heavy atom. The molecule has 4 rings (SSSR count). The monoisotopic (exact) mass is 486 g/mol. The summed E-state index contributed by atoms with van der Waals surface area (Å²) in [5, 5.41) is 11.0. The van der Waals surface area contributed by atoms with E-state index in [1.165, 1.54) is 56.9 Å². The van der Waals surface area contributed by atoms with Gasteiger partial charge in [-0.25, -0.2) is 0 Å². The molecule has 3 nitrogen and oxygen atoms in total. The Hall–Kier alpha value is -0.830. The third kappa shape index (κ3) is 4.15. The van der Waals surface area contributed by atoms with Crippen molar-refractivity contribution in [2.24, 2.45) is 51.2 Å². The first-order chi connectivity index (χ1) is 16.3. The predicted octanol–water partition coefficient (Wildman–Crippen LogP) is 7.96. The van der Waals surface area contributed by atoms with Gasteiger partial charge in [-0.2, -0.15) is 0 Å². The Labute approximate surface area is 215 Å². The molecule has 0 bridgehead atoms. The molecule has 0 saturated heterocycles. The number of esters is 1. The second-order valence-corrected chi connectivity index (χ2v) is 14.5. The van der Waals surface area contributed by atoms with E-state index in [9.17, 15) is 9.90 Å². The largest absolute Gasteiger partial charge is 0.469 e. The molecule has 0 radical (unpaired) electrons. The van der Waals surface area contributed by atoms with E-state index in [2.05, 4.69) is 48.1 Å². The van der Waals surface area contributed by atoms with Crippen molar-refractivity contribution in [2.75, 3.05) is 7.11 Å². The predicted molar refractivity (Wildman–Crippen MR) is 144 cm³/mol. The van der Waals surface area contributed by atoms with Crippen LogP contribution in [-0.2, 0) is 9.53 Å². The third-order valence-electron chi connectivity index (χ3n) is 12.9. The number of hydrogen-bond donors (Lipinski definition) is 1. The minimum atomic E-state index is -0.178. The summed E-state index contributed by atoms with van der Waals surface area (Å²) < 4.78 is 5.26. The van der Waals surface area contributed by atoms with Gasteiger partial charge < -0.3 is 9.84 Å². The number of carbonyl (C=O) groups is 1. The lowest BCUT2D eigenvalue weighted by Gasteiger charge is -2.71. The zero-order valence-electron chi connectivity index (χ0n) is 23.9. The van der Waals surface area contributed by atoms with E-state index in [-0.39, 0.29) is 33.7 Å². The van der Waals surface area contributed by atoms with Gasteiger partial charge in [-0.05, 0) is 110 Å². The van der Waals surface area contributed by atoms with Gasteiger partial charge in [-0.3, -0.25) is 4.79 Å². The smallest absolute Gasteiger partial charge is 0.305 e. The number of rotatable bonds is 3. The van der Waals surface area contributed by atoms with Gasteiger partial charge in [0.15, 0.2) is 0 Å². The Morgan fingerprint density at radius 3 is 2.26 bits per heavy atom. The first-order valence-electron chi connectivity index (χ1n) is 14.7. The van der Waals surface area contributed by atoms with E-state index in [0.29, 0.717) is 36.0 Å². The summed E-state index contributed by atoms with van der Waals surface area (Å²) in [5.74, 6) is 2.49. The average Bonchev–Trinajstić information content (AvgIpc) is 2.85. The lowest BCUT2D eigenvalue weighted by atomic mass is 9.34. The summed E-state index contributed by atoms with van der Waals surface area (Å²) in [4.78, 5) is 12.7. The highest BCUT2D eigenvalue weighted by atomic mass is 16.5. The van der Waals surface area contributed by atoms with Gasteiger partial charge in [0.05, 0.1) is 13.2 Å². The third-order valence-corrected chi connectivity index (χ3v) is 12.9. The van der Waals surface area contributed by atoms with Gasteiger partial charge in [-0.15, -0.1) is 0 Å². The van der Waals surface area contributed by atoms with Crippen LogP contribution in [0.3, 0.4) is 0 Å². The topological polar surface area (TPSA) is 46.5 Å². The van der Waals surface area contributed by atoms with Crippen molar-refractivity contribution in [3.8, 4) is 0 Å². The summed E-state index contributed by atoms with van der Waals surface area (Å²) in [6, 6.07) is 0. The van der Waals surface area contributed by atoms with Crippen molar-refractivity contribution < 1.29 is 14.6 Å². The molecule has 4 fully saturated rings. The highest BCUT2D eigenvalue weighted by Gasteiger charge is 2.67. The Bertz CT molecular complexity index is 816. The van der Waals surface area contributed by atoms with Crippen LogP contribution in [0, 0.1) is 51.2 Å². The molecule has 0 heterocycles. The molecule has 9 atom stereocenters. The Morgan fingerprint density at radius 2 is 1.60 bits per heavy atom. The van der Waals surface area contributed by atoms with E-state index in [1.54, 1.807) is 7.11 Å². The van der Waals surface area contributed by atoms with Gasteiger partial charge in [0, 0.05) is 6.42 Å². The molecule has 1 N–H and O–H groups in total. The van der Waals surface area contributed by atoms with E-state index in [4.69, 9.17) is 4.74 Å². The van der Waals surface area contributed by atoms with Crippen molar-refractivity contribution in [1.29, 1.82) is 0 Å². The molecule has 0 aliphatic heterocycles. The van der Waals surface area contributed by atoms with Crippen molar-refractivity contribution in [3.63, 3.8) is 0 Å². The number of hydrogen-bond acceptors (Lipinski definition) is 3. The highest BCUT2D eigenvalue weighted by molar-refractivity contribution is 5.69. The number of methoxy groups -OCH3 is 1. The van der Waals surface area contributed by atoms with Crippen molar-refractivity contribution in [3.05, 3.63) is 12.2 Å². The number of ether oxygens (including phenoxy) is 1. The molecule has 200 valence electrons. The second-order valence-electron chi connectivity index (χ2n) is 14.5. The average molecular weight is 487 g/mol. The molecule has 3 heteroatoms. The van der Waals surface area contributed by atoms with Crippen LogP contribution in [0.15, 0.2) is 12.2 Å². The SMILES string of the molecule is C=C(C)C1CCCCCC2(C)C(CCC3C4(C)CCC(O)C(C)(C)C4CCC32C)C1CC(=O)OC. The fourth-order valence-corrected chi connectivity index (χ4v) is 10.8. The van der Waals surface area contributed by atoms with Crippen molar-refractivity contribution in [1.82, 2.24) is 0 Å². The number of allylic oxidation sites excluding steroid dienone is 1. The fourth-order valence-electron chi connectivity index (χ4n) is 10.8. The van der Waals surface area contributed by atoms with Gasteiger partial charge in [-0.1, -0.05) is 66.0 Å². The van der Waals surface area contributed by atoms with Crippen LogP contribution in [-0.4, -0.2) is 24.3 Å².